The van der Waals surface area contributed by atoms with Crippen LogP contribution in [0.2, 0.25) is 5.02 Å². The second-order valence-corrected chi connectivity index (χ2v) is 6.82. The number of morpholine rings is 1. The molecular weight excluding hydrogens is 408 g/mol. The highest BCUT2D eigenvalue weighted by Crippen LogP contribution is 2.29. The molecule has 0 saturated carbocycles. The average Bonchev–Trinajstić information content (AvgIpc) is 2.62. The van der Waals surface area contributed by atoms with E-state index < -0.39 is 0 Å². The number of carbonyl (C=O) groups excluding carboxylic acids is 1. The van der Waals surface area contributed by atoms with Gasteiger partial charge in [0.2, 0.25) is 0 Å². The van der Waals surface area contributed by atoms with Crippen molar-refractivity contribution in [1.29, 1.82) is 0 Å². The maximum Gasteiger partial charge on any atom is 0.262 e. The zero-order valence-electron chi connectivity index (χ0n) is 13.5. The first-order valence-corrected chi connectivity index (χ1v) is 9.10. The SMILES string of the molecule is O=C(COc1ccc(Cl)cc1Br)Nc1ccccc1N1CCOCC1. The summed E-state index contributed by atoms with van der Waals surface area (Å²) in [6, 6.07) is 12.9. The molecule has 0 unspecified atom stereocenters. The summed E-state index contributed by atoms with van der Waals surface area (Å²) in [6.07, 6.45) is 0. The molecule has 0 radical (unpaired) electrons. The summed E-state index contributed by atoms with van der Waals surface area (Å²) in [5.41, 5.74) is 1.76. The molecule has 1 heterocycles. The summed E-state index contributed by atoms with van der Waals surface area (Å²) in [5.74, 6) is 0.351. The van der Waals surface area contributed by atoms with Crippen molar-refractivity contribution >= 4 is 44.8 Å². The van der Waals surface area contributed by atoms with Gasteiger partial charge in [-0.05, 0) is 46.3 Å². The molecule has 1 saturated heterocycles. The van der Waals surface area contributed by atoms with Crippen molar-refractivity contribution in [1.82, 2.24) is 0 Å². The highest BCUT2D eigenvalue weighted by Gasteiger charge is 2.16. The van der Waals surface area contributed by atoms with Crippen molar-refractivity contribution in [2.45, 2.75) is 0 Å². The molecule has 0 aliphatic carbocycles. The zero-order valence-corrected chi connectivity index (χ0v) is 15.8. The van der Waals surface area contributed by atoms with Crippen LogP contribution in [0.15, 0.2) is 46.9 Å². The van der Waals surface area contributed by atoms with Crippen LogP contribution >= 0.6 is 27.5 Å². The van der Waals surface area contributed by atoms with E-state index in [0.29, 0.717) is 28.5 Å². The van der Waals surface area contributed by atoms with E-state index in [2.05, 4.69) is 26.1 Å². The standard InChI is InChI=1S/C18H18BrClN2O3/c19-14-11-13(20)5-6-17(14)25-12-18(23)21-15-3-1-2-4-16(15)22-7-9-24-10-8-22/h1-6,11H,7-10,12H2,(H,21,23). The average molecular weight is 426 g/mol. The highest BCUT2D eigenvalue weighted by molar-refractivity contribution is 9.10. The summed E-state index contributed by atoms with van der Waals surface area (Å²) in [4.78, 5) is 14.5. The molecule has 1 N–H and O–H groups in total. The Hall–Kier alpha value is -1.76. The molecule has 0 atom stereocenters. The number of ether oxygens (including phenoxy) is 2. The topological polar surface area (TPSA) is 50.8 Å². The molecule has 3 rings (SSSR count). The van der Waals surface area contributed by atoms with Crippen molar-refractivity contribution < 1.29 is 14.3 Å². The van der Waals surface area contributed by atoms with Crippen LogP contribution < -0.4 is 15.0 Å². The molecule has 7 heteroatoms. The first kappa shape index (κ1) is 18.0. The lowest BCUT2D eigenvalue weighted by atomic mass is 10.2. The van der Waals surface area contributed by atoms with Crippen molar-refractivity contribution in [2.24, 2.45) is 0 Å². The number of benzene rings is 2. The van der Waals surface area contributed by atoms with E-state index in [-0.39, 0.29) is 12.5 Å². The third-order valence-corrected chi connectivity index (χ3v) is 4.64. The largest absolute Gasteiger partial charge is 0.483 e. The molecule has 0 bridgehead atoms. The Bertz CT molecular complexity index is 751. The number of halogens is 2. The fourth-order valence-corrected chi connectivity index (χ4v) is 3.38. The number of rotatable bonds is 5. The number of hydrogen-bond acceptors (Lipinski definition) is 4. The van der Waals surface area contributed by atoms with Gasteiger partial charge in [-0.1, -0.05) is 23.7 Å². The molecule has 5 nitrogen and oxygen atoms in total. The Balaban J connectivity index is 1.63. The van der Waals surface area contributed by atoms with Gasteiger partial charge < -0.3 is 19.7 Å². The van der Waals surface area contributed by atoms with Crippen LogP contribution in [0.4, 0.5) is 11.4 Å². The third-order valence-electron chi connectivity index (χ3n) is 3.78. The minimum absolute atomic E-state index is 0.0856. The second-order valence-electron chi connectivity index (χ2n) is 5.53. The van der Waals surface area contributed by atoms with Crippen LogP contribution in [0, 0.1) is 0 Å². The molecule has 2 aromatic rings. The van der Waals surface area contributed by atoms with Gasteiger partial charge in [0, 0.05) is 18.1 Å². The Labute approximate surface area is 160 Å². The first-order chi connectivity index (χ1) is 12.1. The minimum Gasteiger partial charge on any atom is -0.483 e. The Morgan fingerprint density at radius 1 is 1.24 bits per heavy atom. The molecule has 25 heavy (non-hydrogen) atoms. The van der Waals surface area contributed by atoms with E-state index in [9.17, 15) is 4.79 Å². The molecule has 0 spiro atoms. The van der Waals surface area contributed by atoms with Crippen LogP contribution in [0.5, 0.6) is 5.75 Å². The lowest BCUT2D eigenvalue weighted by molar-refractivity contribution is -0.118. The van der Waals surface area contributed by atoms with Crippen LogP contribution in [0.25, 0.3) is 0 Å². The van der Waals surface area contributed by atoms with Gasteiger partial charge >= 0.3 is 0 Å². The number of amides is 1. The lowest BCUT2D eigenvalue weighted by Gasteiger charge is -2.30. The van der Waals surface area contributed by atoms with Crippen molar-refractivity contribution in [2.75, 3.05) is 43.1 Å². The minimum atomic E-state index is -0.220. The van der Waals surface area contributed by atoms with E-state index in [4.69, 9.17) is 21.1 Å². The Kier molecular flexibility index (Phi) is 6.18. The smallest absolute Gasteiger partial charge is 0.262 e. The number of anilines is 2. The highest BCUT2D eigenvalue weighted by atomic mass is 79.9. The zero-order chi connectivity index (χ0) is 17.6. The van der Waals surface area contributed by atoms with Crippen LogP contribution in [0.1, 0.15) is 0 Å². The molecular formula is C18H18BrClN2O3. The summed E-state index contributed by atoms with van der Waals surface area (Å²) in [7, 11) is 0. The van der Waals surface area contributed by atoms with E-state index in [0.717, 1.165) is 24.5 Å². The molecule has 1 aliphatic heterocycles. The maximum absolute atomic E-state index is 12.3. The molecule has 1 aliphatic rings. The molecule has 1 fully saturated rings. The van der Waals surface area contributed by atoms with Crippen molar-refractivity contribution in [3.05, 3.63) is 52.0 Å². The van der Waals surface area contributed by atoms with Gasteiger partial charge in [-0.25, -0.2) is 0 Å². The summed E-state index contributed by atoms with van der Waals surface area (Å²) >= 11 is 9.27. The Morgan fingerprint density at radius 2 is 2.00 bits per heavy atom. The van der Waals surface area contributed by atoms with Gasteiger partial charge in [-0.15, -0.1) is 0 Å². The number of hydrogen-bond donors (Lipinski definition) is 1. The van der Waals surface area contributed by atoms with Crippen molar-refractivity contribution in [3.63, 3.8) is 0 Å². The van der Waals surface area contributed by atoms with Crippen LogP contribution in [-0.4, -0.2) is 38.8 Å². The fourth-order valence-electron chi connectivity index (χ4n) is 2.58. The normalized spacial score (nSPS) is 14.2. The molecule has 1 amide bonds. The third kappa shape index (κ3) is 4.87. The number of nitrogens with one attached hydrogen (secondary N) is 1. The predicted octanol–water partition coefficient (Wildman–Crippen LogP) is 3.96. The molecule has 0 aromatic heterocycles. The summed E-state index contributed by atoms with van der Waals surface area (Å²) in [6.45, 7) is 2.91. The fraction of sp³-hybridized carbons (Fsp3) is 0.278. The van der Waals surface area contributed by atoms with Gasteiger partial charge in [0.15, 0.2) is 6.61 Å². The van der Waals surface area contributed by atoms with Gasteiger partial charge in [0.1, 0.15) is 5.75 Å². The quantitative estimate of drug-likeness (QED) is 0.788. The van der Waals surface area contributed by atoms with E-state index in [1.54, 1.807) is 18.2 Å². The maximum atomic E-state index is 12.3. The summed E-state index contributed by atoms with van der Waals surface area (Å²) < 4.78 is 11.7. The van der Waals surface area contributed by atoms with Crippen molar-refractivity contribution in [3.8, 4) is 5.75 Å². The lowest BCUT2D eigenvalue weighted by Crippen LogP contribution is -2.37. The van der Waals surface area contributed by atoms with Crippen LogP contribution in [0.3, 0.4) is 0 Å². The van der Waals surface area contributed by atoms with Gasteiger partial charge in [-0.2, -0.15) is 0 Å². The van der Waals surface area contributed by atoms with E-state index in [1.807, 2.05) is 24.3 Å². The Morgan fingerprint density at radius 3 is 2.76 bits per heavy atom. The number of carbonyl (C=O) groups is 1. The molecule has 132 valence electrons. The van der Waals surface area contributed by atoms with E-state index >= 15 is 0 Å². The predicted molar refractivity (Wildman–Crippen MR) is 103 cm³/mol. The number of nitrogens with zero attached hydrogens (tertiary/aromatic N) is 1. The first-order valence-electron chi connectivity index (χ1n) is 7.93. The van der Waals surface area contributed by atoms with E-state index in [1.165, 1.54) is 0 Å². The second kappa shape index (κ2) is 8.56. The van der Waals surface area contributed by atoms with Gasteiger partial charge in [-0.3, -0.25) is 4.79 Å². The number of para-hydroxylation sites is 2. The van der Waals surface area contributed by atoms with Gasteiger partial charge in [0.25, 0.3) is 5.91 Å². The monoisotopic (exact) mass is 424 g/mol. The summed E-state index contributed by atoms with van der Waals surface area (Å²) in [5, 5.41) is 3.52. The molecule has 2 aromatic carbocycles. The van der Waals surface area contributed by atoms with Crippen LogP contribution in [-0.2, 0) is 9.53 Å². The van der Waals surface area contributed by atoms with Gasteiger partial charge in [0.05, 0.1) is 29.1 Å².